The van der Waals surface area contributed by atoms with E-state index < -0.39 is 5.97 Å². The number of esters is 1. The van der Waals surface area contributed by atoms with Crippen LogP contribution in [0.5, 0.6) is 0 Å². The van der Waals surface area contributed by atoms with Gasteiger partial charge in [-0.05, 0) is 11.4 Å². The maximum atomic E-state index is 11.9. The molecule has 0 unspecified atom stereocenters. The van der Waals surface area contributed by atoms with Crippen LogP contribution >= 0.6 is 11.3 Å². The number of amides is 1. The zero-order valence-electron chi connectivity index (χ0n) is 10.8. The fourth-order valence-electron chi connectivity index (χ4n) is 1.92. The van der Waals surface area contributed by atoms with Crippen LogP contribution in [0.2, 0.25) is 0 Å². The van der Waals surface area contributed by atoms with Crippen molar-refractivity contribution in [3.05, 3.63) is 16.3 Å². The molecular formula is C12H17N3O3S. The first kappa shape index (κ1) is 14.0. The minimum atomic E-state index is -0.424. The average molecular weight is 283 g/mol. The molecule has 0 radical (unpaired) electrons. The van der Waals surface area contributed by atoms with Crippen LogP contribution in [0.15, 0.2) is 11.4 Å². The van der Waals surface area contributed by atoms with E-state index >= 15 is 0 Å². The van der Waals surface area contributed by atoms with Crippen LogP contribution in [-0.4, -0.2) is 56.6 Å². The van der Waals surface area contributed by atoms with E-state index in [1.54, 1.807) is 11.4 Å². The van der Waals surface area contributed by atoms with Gasteiger partial charge in [0.05, 0.1) is 19.3 Å². The first-order chi connectivity index (χ1) is 9.20. The molecule has 0 saturated carbocycles. The Morgan fingerprint density at radius 2 is 2.21 bits per heavy atom. The van der Waals surface area contributed by atoms with Gasteiger partial charge in [-0.2, -0.15) is 0 Å². The van der Waals surface area contributed by atoms with Crippen molar-refractivity contribution in [3.8, 4) is 0 Å². The number of rotatable bonds is 4. The molecule has 7 heteroatoms. The molecule has 0 spiro atoms. The number of nitrogens with one attached hydrogen (secondary N) is 2. The smallest absolute Gasteiger partial charge is 0.350 e. The summed E-state index contributed by atoms with van der Waals surface area (Å²) in [7, 11) is 1.33. The molecule has 1 aliphatic heterocycles. The molecule has 2 N–H and O–H groups in total. The fourth-order valence-corrected chi connectivity index (χ4v) is 2.69. The third kappa shape index (κ3) is 3.76. The number of carbonyl (C=O) groups is 2. The van der Waals surface area contributed by atoms with E-state index in [9.17, 15) is 9.59 Å². The van der Waals surface area contributed by atoms with Crippen LogP contribution in [-0.2, 0) is 9.53 Å². The van der Waals surface area contributed by atoms with E-state index in [1.807, 2.05) is 0 Å². The van der Waals surface area contributed by atoms with Gasteiger partial charge in [-0.15, -0.1) is 11.3 Å². The zero-order valence-corrected chi connectivity index (χ0v) is 11.6. The number of hydrogen-bond donors (Lipinski definition) is 2. The number of ether oxygens (including phenoxy) is 1. The van der Waals surface area contributed by atoms with Crippen molar-refractivity contribution in [3.63, 3.8) is 0 Å². The van der Waals surface area contributed by atoms with Gasteiger partial charge >= 0.3 is 5.97 Å². The zero-order chi connectivity index (χ0) is 13.7. The van der Waals surface area contributed by atoms with E-state index in [0.29, 0.717) is 17.1 Å². The third-order valence-electron chi connectivity index (χ3n) is 2.89. The molecular weight excluding hydrogens is 266 g/mol. The van der Waals surface area contributed by atoms with Crippen LogP contribution < -0.4 is 10.6 Å². The van der Waals surface area contributed by atoms with E-state index in [1.165, 1.54) is 18.4 Å². The lowest BCUT2D eigenvalue weighted by atomic mass is 10.3. The molecule has 1 aliphatic rings. The third-order valence-corrected chi connectivity index (χ3v) is 3.78. The van der Waals surface area contributed by atoms with Crippen molar-refractivity contribution in [1.82, 2.24) is 10.2 Å². The lowest BCUT2D eigenvalue weighted by molar-refractivity contribution is -0.117. The standard InChI is InChI=1S/C12H17N3O3S/c1-18-12(17)11-9(2-7-19-11)14-10(16)8-15-5-3-13-4-6-15/h2,7,13H,3-6,8H2,1H3,(H,14,16). The number of methoxy groups -OCH3 is 1. The van der Waals surface area contributed by atoms with Gasteiger partial charge in [-0.1, -0.05) is 0 Å². The first-order valence-electron chi connectivity index (χ1n) is 6.09. The van der Waals surface area contributed by atoms with E-state index in [-0.39, 0.29) is 5.91 Å². The Bertz CT molecular complexity index is 455. The predicted molar refractivity (Wildman–Crippen MR) is 73.6 cm³/mol. The summed E-state index contributed by atoms with van der Waals surface area (Å²) < 4.78 is 4.67. The quantitative estimate of drug-likeness (QED) is 0.782. The van der Waals surface area contributed by atoms with Gasteiger partial charge in [0.25, 0.3) is 0 Å². The number of thiophene rings is 1. The molecule has 104 valence electrons. The van der Waals surface area contributed by atoms with E-state index in [0.717, 1.165) is 26.2 Å². The van der Waals surface area contributed by atoms with E-state index in [2.05, 4.69) is 20.3 Å². The Balaban J connectivity index is 1.91. The summed E-state index contributed by atoms with van der Waals surface area (Å²) in [6.07, 6.45) is 0. The van der Waals surface area contributed by atoms with Crippen molar-refractivity contribution in [2.45, 2.75) is 0 Å². The summed E-state index contributed by atoms with van der Waals surface area (Å²) in [5.74, 6) is -0.530. The monoisotopic (exact) mass is 283 g/mol. The Labute approximate surface area is 115 Å². The van der Waals surface area contributed by atoms with Gasteiger partial charge in [0.15, 0.2) is 0 Å². The van der Waals surface area contributed by atoms with Gasteiger partial charge < -0.3 is 15.4 Å². The lowest BCUT2D eigenvalue weighted by Gasteiger charge is -2.26. The Morgan fingerprint density at radius 3 is 2.89 bits per heavy atom. The molecule has 2 heterocycles. The summed E-state index contributed by atoms with van der Waals surface area (Å²) in [6.45, 7) is 3.87. The van der Waals surface area contributed by atoms with Gasteiger partial charge in [-0.25, -0.2) is 4.79 Å². The van der Waals surface area contributed by atoms with Crippen LogP contribution in [0.4, 0.5) is 5.69 Å². The Hall–Kier alpha value is -1.44. The molecule has 1 aromatic heterocycles. The van der Waals surface area contributed by atoms with E-state index in [4.69, 9.17) is 0 Å². The summed E-state index contributed by atoms with van der Waals surface area (Å²) in [4.78, 5) is 25.9. The molecule has 1 aromatic rings. The highest BCUT2D eigenvalue weighted by molar-refractivity contribution is 7.12. The first-order valence-corrected chi connectivity index (χ1v) is 6.97. The van der Waals surface area contributed by atoms with Crippen LogP contribution in [0, 0.1) is 0 Å². The maximum absolute atomic E-state index is 11.9. The highest BCUT2D eigenvalue weighted by Crippen LogP contribution is 2.22. The van der Waals surface area contributed by atoms with Crippen molar-refractivity contribution >= 4 is 28.9 Å². The van der Waals surface area contributed by atoms with Crippen molar-refractivity contribution in [1.29, 1.82) is 0 Å². The van der Waals surface area contributed by atoms with Gasteiger partial charge in [-0.3, -0.25) is 9.69 Å². The molecule has 0 aromatic carbocycles. The highest BCUT2D eigenvalue weighted by Gasteiger charge is 2.17. The number of carbonyl (C=O) groups excluding carboxylic acids is 2. The second kappa shape index (κ2) is 6.65. The molecule has 1 fully saturated rings. The molecule has 19 heavy (non-hydrogen) atoms. The average Bonchev–Trinajstić information content (AvgIpc) is 2.87. The van der Waals surface area contributed by atoms with Crippen molar-refractivity contribution < 1.29 is 14.3 Å². The minimum Gasteiger partial charge on any atom is -0.465 e. The second-order valence-electron chi connectivity index (χ2n) is 4.23. The largest absolute Gasteiger partial charge is 0.465 e. The normalized spacial score (nSPS) is 16.1. The lowest BCUT2D eigenvalue weighted by Crippen LogP contribution is -2.46. The molecule has 1 amide bonds. The molecule has 1 saturated heterocycles. The van der Waals surface area contributed by atoms with Crippen molar-refractivity contribution in [2.24, 2.45) is 0 Å². The summed E-state index contributed by atoms with van der Waals surface area (Å²) in [5.41, 5.74) is 0.525. The van der Waals surface area contributed by atoms with Gasteiger partial charge in [0.1, 0.15) is 4.88 Å². The molecule has 0 atom stereocenters. The molecule has 0 aliphatic carbocycles. The molecule has 6 nitrogen and oxygen atoms in total. The maximum Gasteiger partial charge on any atom is 0.350 e. The topological polar surface area (TPSA) is 70.7 Å². The van der Waals surface area contributed by atoms with Crippen LogP contribution in [0.25, 0.3) is 0 Å². The van der Waals surface area contributed by atoms with Crippen LogP contribution in [0.3, 0.4) is 0 Å². The minimum absolute atomic E-state index is 0.106. The predicted octanol–water partition coefficient (Wildman–Crippen LogP) is 0.378. The van der Waals surface area contributed by atoms with Gasteiger partial charge in [0, 0.05) is 26.2 Å². The van der Waals surface area contributed by atoms with Gasteiger partial charge in [0.2, 0.25) is 5.91 Å². The summed E-state index contributed by atoms with van der Waals surface area (Å²) in [6, 6.07) is 1.71. The van der Waals surface area contributed by atoms with Crippen LogP contribution in [0.1, 0.15) is 9.67 Å². The number of nitrogens with zero attached hydrogens (tertiary/aromatic N) is 1. The molecule has 2 rings (SSSR count). The molecule has 0 bridgehead atoms. The number of piperazine rings is 1. The summed E-state index contributed by atoms with van der Waals surface area (Å²) in [5, 5.41) is 7.75. The summed E-state index contributed by atoms with van der Waals surface area (Å²) >= 11 is 1.26. The highest BCUT2D eigenvalue weighted by atomic mass is 32.1. The number of hydrogen-bond acceptors (Lipinski definition) is 6. The SMILES string of the molecule is COC(=O)c1sccc1NC(=O)CN1CCNCC1. The fraction of sp³-hybridized carbons (Fsp3) is 0.500. The second-order valence-corrected chi connectivity index (χ2v) is 5.15. The Morgan fingerprint density at radius 1 is 1.47 bits per heavy atom. The Kier molecular flexibility index (Phi) is 4.89. The number of anilines is 1. The van der Waals surface area contributed by atoms with Crippen molar-refractivity contribution in [2.75, 3.05) is 45.2 Å².